The summed E-state index contributed by atoms with van der Waals surface area (Å²) in [4.78, 5) is 22.5. The van der Waals surface area contributed by atoms with Crippen molar-refractivity contribution in [3.63, 3.8) is 0 Å². The summed E-state index contributed by atoms with van der Waals surface area (Å²) in [6.07, 6.45) is 0. The van der Waals surface area contributed by atoms with E-state index in [1.54, 1.807) is 13.2 Å². The lowest BCUT2D eigenvalue weighted by molar-refractivity contribution is 0.0616. The van der Waals surface area contributed by atoms with E-state index in [0.29, 0.717) is 60.3 Å². The molecule has 0 spiro atoms. The number of carbonyl (C=O) groups excluding carboxylic acids is 1. The number of fused-ring (bicyclic) bond motifs is 1. The Morgan fingerprint density at radius 1 is 1.15 bits per heavy atom. The van der Waals surface area contributed by atoms with Crippen LogP contribution in [0, 0.1) is 12.7 Å². The summed E-state index contributed by atoms with van der Waals surface area (Å²) in [7, 11) is 1.55. The molecule has 1 aliphatic rings. The number of aromatic nitrogens is 2. The minimum atomic E-state index is -0.325. The number of thiophene rings is 1. The Morgan fingerprint density at radius 2 is 1.94 bits per heavy atom. The monoisotopic (exact) mass is 480 g/mol. The van der Waals surface area contributed by atoms with Gasteiger partial charge in [0.2, 0.25) is 11.7 Å². The molecule has 1 saturated heterocycles. The van der Waals surface area contributed by atoms with E-state index in [1.807, 2.05) is 42.2 Å². The summed E-state index contributed by atoms with van der Waals surface area (Å²) >= 11 is 1.33. The van der Waals surface area contributed by atoms with Gasteiger partial charge in [-0.1, -0.05) is 35.5 Å². The molecule has 3 heterocycles. The Kier molecular flexibility index (Phi) is 6.40. The molecule has 34 heavy (non-hydrogen) atoms. The van der Waals surface area contributed by atoms with Crippen LogP contribution in [0.5, 0.6) is 0 Å². The van der Waals surface area contributed by atoms with Crippen molar-refractivity contribution in [2.75, 3.05) is 33.3 Å². The molecule has 1 amide bonds. The molecule has 1 aliphatic heterocycles. The van der Waals surface area contributed by atoms with Crippen molar-refractivity contribution < 1.29 is 18.4 Å². The molecule has 0 bridgehead atoms. The number of benzene rings is 2. The predicted molar refractivity (Wildman–Crippen MR) is 128 cm³/mol. The first-order valence-corrected chi connectivity index (χ1v) is 12.0. The van der Waals surface area contributed by atoms with E-state index >= 15 is 0 Å². The number of piperazine rings is 1. The average molecular weight is 481 g/mol. The number of amides is 1. The van der Waals surface area contributed by atoms with Crippen LogP contribution in [0.1, 0.15) is 26.7 Å². The van der Waals surface area contributed by atoms with Crippen molar-refractivity contribution >= 4 is 27.3 Å². The first-order valence-electron chi connectivity index (χ1n) is 11.1. The maximum absolute atomic E-state index is 14.5. The van der Waals surface area contributed by atoms with Gasteiger partial charge in [0.1, 0.15) is 5.82 Å². The summed E-state index contributed by atoms with van der Waals surface area (Å²) in [6.45, 7) is 5.26. The molecule has 176 valence electrons. The molecule has 0 saturated carbocycles. The molecule has 0 unspecified atom stereocenters. The molecular weight excluding hydrogens is 455 g/mol. The normalized spacial score (nSPS) is 14.7. The van der Waals surface area contributed by atoms with E-state index in [4.69, 9.17) is 9.26 Å². The highest BCUT2D eigenvalue weighted by Crippen LogP contribution is 2.34. The van der Waals surface area contributed by atoms with Gasteiger partial charge < -0.3 is 14.2 Å². The van der Waals surface area contributed by atoms with E-state index in [2.05, 4.69) is 15.0 Å². The van der Waals surface area contributed by atoms with Crippen LogP contribution < -0.4 is 0 Å². The van der Waals surface area contributed by atoms with Crippen LogP contribution in [0.4, 0.5) is 4.39 Å². The van der Waals surface area contributed by atoms with Crippen LogP contribution in [-0.4, -0.2) is 59.1 Å². The standard InChI is InChI=1S/C25H25FN4O3S/c1-16-6-3-4-7-17(16)24-27-21(33-28-24)14-29-10-12-30(13-11-29)25(31)23-18(15-32-2)22-19(26)8-5-9-20(22)34-23/h3-9H,10-15H2,1-2H3. The maximum Gasteiger partial charge on any atom is 0.264 e. The number of methoxy groups -OCH3 is 1. The fraction of sp³-hybridized carbons (Fsp3) is 0.320. The number of aryl methyl sites for hydroxylation is 1. The number of rotatable bonds is 6. The Balaban J connectivity index is 1.26. The second-order valence-electron chi connectivity index (χ2n) is 8.35. The largest absolute Gasteiger partial charge is 0.380 e. The van der Waals surface area contributed by atoms with E-state index in [0.717, 1.165) is 15.8 Å². The quantitative estimate of drug-likeness (QED) is 0.405. The molecule has 0 aliphatic carbocycles. The predicted octanol–water partition coefficient (Wildman–Crippen LogP) is 4.50. The van der Waals surface area contributed by atoms with E-state index in [-0.39, 0.29) is 18.3 Å². The highest BCUT2D eigenvalue weighted by atomic mass is 32.1. The molecule has 0 N–H and O–H groups in total. The van der Waals surface area contributed by atoms with Crippen molar-refractivity contribution in [1.29, 1.82) is 0 Å². The van der Waals surface area contributed by atoms with Crippen LogP contribution >= 0.6 is 11.3 Å². The summed E-state index contributed by atoms with van der Waals surface area (Å²) in [5, 5.41) is 4.62. The van der Waals surface area contributed by atoms with Gasteiger partial charge in [0.15, 0.2) is 0 Å². The van der Waals surface area contributed by atoms with Crippen LogP contribution in [0.25, 0.3) is 21.5 Å². The summed E-state index contributed by atoms with van der Waals surface area (Å²) in [5.41, 5.74) is 2.68. The van der Waals surface area contributed by atoms with Gasteiger partial charge in [-0.25, -0.2) is 4.39 Å². The van der Waals surface area contributed by atoms with Crippen molar-refractivity contribution in [3.05, 3.63) is 70.2 Å². The molecule has 4 aromatic rings. The third-order valence-electron chi connectivity index (χ3n) is 6.12. The van der Waals surface area contributed by atoms with Gasteiger partial charge in [0.05, 0.1) is 18.0 Å². The summed E-state index contributed by atoms with van der Waals surface area (Å²) < 4.78 is 26.0. The van der Waals surface area contributed by atoms with E-state index in [9.17, 15) is 9.18 Å². The molecule has 5 rings (SSSR count). The molecule has 2 aromatic heterocycles. The molecule has 0 atom stereocenters. The number of hydrogen-bond donors (Lipinski definition) is 0. The topological polar surface area (TPSA) is 71.7 Å². The zero-order chi connectivity index (χ0) is 23.7. The van der Waals surface area contributed by atoms with E-state index < -0.39 is 0 Å². The Morgan fingerprint density at radius 3 is 2.71 bits per heavy atom. The number of hydrogen-bond acceptors (Lipinski definition) is 7. The molecule has 1 fully saturated rings. The van der Waals surface area contributed by atoms with Gasteiger partial charge in [0.25, 0.3) is 5.91 Å². The van der Waals surface area contributed by atoms with Gasteiger partial charge >= 0.3 is 0 Å². The van der Waals surface area contributed by atoms with Gasteiger partial charge in [-0.15, -0.1) is 11.3 Å². The average Bonchev–Trinajstić information content (AvgIpc) is 3.45. The molecule has 0 radical (unpaired) electrons. The second-order valence-corrected chi connectivity index (χ2v) is 9.40. The Hall–Kier alpha value is -3.14. The summed E-state index contributed by atoms with van der Waals surface area (Å²) in [5.74, 6) is 0.742. The zero-order valence-electron chi connectivity index (χ0n) is 19.1. The SMILES string of the molecule is COCc1c(C(=O)N2CCN(Cc3nc(-c4ccccc4C)no3)CC2)sc2cccc(F)c12. The van der Waals surface area contributed by atoms with Gasteiger partial charge in [-0.3, -0.25) is 9.69 Å². The van der Waals surface area contributed by atoms with Crippen LogP contribution in [-0.2, 0) is 17.9 Å². The lowest BCUT2D eigenvalue weighted by Crippen LogP contribution is -2.48. The smallest absolute Gasteiger partial charge is 0.264 e. The number of ether oxygens (including phenoxy) is 1. The fourth-order valence-corrected chi connectivity index (χ4v) is 5.51. The lowest BCUT2D eigenvalue weighted by Gasteiger charge is -2.33. The van der Waals surface area contributed by atoms with Crippen molar-refractivity contribution in [3.8, 4) is 11.4 Å². The highest BCUT2D eigenvalue weighted by molar-refractivity contribution is 7.21. The van der Waals surface area contributed by atoms with Gasteiger partial charge in [-0.2, -0.15) is 4.98 Å². The summed E-state index contributed by atoms with van der Waals surface area (Å²) in [6, 6.07) is 12.9. The molecule has 2 aromatic carbocycles. The van der Waals surface area contributed by atoms with Crippen LogP contribution in [0.2, 0.25) is 0 Å². The first kappa shape index (κ1) is 22.6. The molecule has 7 nitrogen and oxygen atoms in total. The second kappa shape index (κ2) is 9.61. The fourth-order valence-electron chi connectivity index (χ4n) is 4.32. The van der Waals surface area contributed by atoms with Crippen molar-refractivity contribution in [2.24, 2.45) is 0 Å². The van der Waals surface area contributed by atoms with Crippen LogP contribution in [0.3, 0.4) is 0 Å². The van der Waals surface area contributed by atoms with Gasteiger partial charge in [0, 0.05) is 54.5 Å². The van der Waals surface area contributed by atoms with Gasteiger partial charge in [-0.05, 0) is 24.6 Å². The third kappa shape index (κ3) is 4.34. The highest BCUT2D eigenvalue weighted by Gasteiger charge is 2.28. The Labute approximate surface area is 200 Å². The zero-order valence-corrected chi connectivity index (χ0v) is 19.9. The minimum Gasteiger partial charge on any atom is -0.380 e. The van der Waals surface area contributed by atoms with E-state index in [1.165, 1.54) is 17.4 Å². The maximum atomic E-state index is 14.5. The first-order chi connectivity index (χ1) is 16.5. The molecule has 9 heteroatoms. The van der Waals surface area contributed by atoms with Crippen molar-refractivity contribution in [1.82, 2.24) is 19.9 Å². The number of halogens is 1. The minimum absolute atomic E-state index is 0.0769. The Bertz CT molecular complexity index is 1330. The third-order valence-corrected chi connectivity index (χ3v) is 7.30. The number of nitrogens with zero attached hydrogens (tertiary/aromatic N) is 4. The number of carbonyl (C=O) groups is 1. The lowest BCUT2D eigenvalue weighted by atomic mass is 10.1. The van der Waals surface area contributed by atoms with Crippen LogP contribution in [0.15, 0.2) is 47.0 Å². The molecular formula is C25H25FN4O3S. The van der Waals surface area contributed by atoms with Crippen molar-refractivity contribution in [2.45, 2.75) is 20.1 Å².